The molecule has 0 unspecified atom stereocenters. The second-order valence-corrected chi connectivity index (χ2v) is 7.81. The highest BCUT2D eigenvalue weighted by atomic mass is 31.1. The number of benzene rings is 1. The zero-order valence-electron chi connectivity index (χ0n) is 10.8. The van der Waals surface area contributed by atoms with Crippen molar-refractivity contribution in [3.05, 3.63) is 41.1 Å². The Hall–Kier alpha value is -0.430. The largest absolute Gasteiger partial charge is 0.633 e. The smallest absolute Gasteiger partial charge is 0.0830 e. The van der Waals surface area contributed by atoms with E-state index in [9.17, 15) is 5.21 Å². The van der Waals surface area contributed by atoms with E-state index in [1.54, 1.807) is 0 Å². The van der Waals surface area contributed by atoms with Crippen molar-refractivity contribution in [1.29, 1.82) is 0 Å². The first-order valence-electron chi connectivity index (χ1n) is 6.44. The van der Waals surface area contributed by atoms with Gasteiger partial charge in [0.1, 0.15) is 0 Å². The van der Waals surface area contributed by atoms with E-state index in [1.807, 2.05) is 0 Å². The van der Waals surface area contributed by atoms with Crippen molar-refractivity contribution in [2.75, 3.05) is 25.4 Å². The van der Waals surface area contributed by atoms with Gasteiger partial charge in [-0.05, 0) is 25.6 Å². The van der Waals surface area contributed by atoms with Crippen molar-refractivity contribution in [2.45, 2.75) is 26.1 Å². The molecule has 2 nitrogen and oxygen atoms in total. The SMILES string of the molecule is CC(C)[N+]1([O-])CCP(Cc2ccccc2)CC1. The second-order valence-electron chi connectivity index (χ2n) is 5.26. The summed E-state index contributed by atoms with van der Waals surface area (Å²) in [6.45, 7) is 5.77. The Morgan fingerprint density at radius 2 is 1.76 bits per heavy atom. The third-order valence-electron chi connectivity index (χ3n) is 3.78. The summed E-state index contributed by atoms with van der Waals surface area (Å²) in [6, 6.07) is 10.9. The number of hydroxylamine groups is 3. The van der Waals surface area contributed by atoms with Crippen molar-refractivity contribution in [3.63, 3.8) is 0 Å². The Kier molecular flexibility index (Phi) is 4.19. The minimum Gasteiger partial charge on any atom is -0.633 e. The summed E-state index contributed by atoms with van der Waals surface area (Å²) < 4.78 is 0.0353. The molecule has 0 atom stereocenters. The van der Waals surface area contributed by atoms with Crippen LogP contribution in [-0.2, 0) is 6.16 Å². The molecule has 1 aliphatic heterocycles. The molecule has 1 aliphatic rings. The maximum Gasteiger partial charge on any atom is 0.0830 e. The van der Waals surface area contributed by atoms with E-state index in [1.165, 1.54) is 11.7 Å². The van der Waals surface area contributed by atoms with Crippen molar-refractivity contribution in [2.24, 2.45) is 0 Å². The van der Waals surface area contributed by atoms with Gasteiger partial charge in [-0.1, -0.05) is 38.3 Å². The predicted octanol–water partition coefficient (Wildman–Crippen LogP) is 3.41. The highest BCUT2D eigenvalue weighted by molar-refractivity contribution is 7.56. The molecule has 17 heavy (non-hydrogen) atoms. The van der Waals surface area contributed by atoms with Crippen LogP contribution in [0.25, 0.3) is 0 Å². The lowest BCUT2D eigenvalue weighted by atomic mass is 10.2. The summed E-state index contributed by atoms with van der Waals surface area (Å²) in [6.07, 6.45) is 3.49. The zero-order chi connectivity index (χ0) is 12.3. The van der Waals surface area contributed by atoms with Gasteiger partial charge in [-0.2, -0.15) is 0 Å². The van der Waals surface area contributed by atoms with Crippen LogP contribution in [0.3, 0.4) is 0 Å². The fourth-order valence-corrected chi connectivity index (χ4v) is 4.87. The van der Waals surface area contributed by atoms with Crippen molar-refractivity contribution in [3.8, 4) is 0 Å². The van der Waals surface area contributed by atoms with Crippen LogP contribution in [0.4, 0.5) is 0 Å². The quantitative estimate of drug-likeness (QED) is 0.458. The molecule has 2 rings (SSSR count). The first kappa shape index (κ1) is 13.0. The highest BCUT2D eigenvalue weighted by Gasteiger charge is 2.28. The molecule has 94 valence electrons. The number of nitrogens with zero attached hydrogens (tertiary/aromatic N) is 1. The summed E-state index contributed by atoms with van der Waals surface area (Å²) >= 11 is 0. The first-order chi connectivity index (χ1) is 8.10. The number of hydrogen-bond donors (Lipinski definition) is 0. The molecule has 0 amide bonds. The number of rotatable bonds is 3. The molecular weight excluding hydrogens is 229 g/mol. The molecule has 3 heteroatoms. The highest BCUT2D eigenvalue weighted by Crippen LogP contribution is 2.43. The van der Waals surface area contributed by atoms with E-state index in [4.69, 9.17) is 0 Å². The van der Waals surface area contributed by atoms with E-state index in [2.05, 4.69) is 44.2 Å². The molecule has 0 bridgehead atoms. The van der Waals surface area contributed by atoms with E-state index < -0.39 is 0 Å². The van der Waals surface area contributed by atoms with E-state index in [0.29, 0.717) is 0 Å². The van der Waals surface area contributed by atoms with Gasteiger partial charge in [-0.3, -0.25) is 0 Å². The number of quaternary nitrogens is 1. The average Bonchev–Trinajstić information content (AvgIpc) is 2.33. The fourth-order valence-electron chi connectivity index (χ4n) is 2.36. The zero-order valence-corrected chi connectivity index (χ0v) is 11.7. The molecular formula is C14H22NOP. The third kappa shape index (κ3) is 3.28. The molecule has 1 saturated heterocycles. The second kappa shape index (κ2) is 5.48. The topological polar surface area (TPSA) is 23.1 Å². The van der Waals surface area contributed by atoms with Gasteiger partial charge in [0, 0.05) is 12.3 Å². The lowest BCUT2D eigenvalue weighted by Gasteiger charge is -2.50. The summed E-state index contributed by atoms with van der Waals surface area (Å²) in [5, 5.41) is 12.4. The molecule has 0 N–H and O–H groups in total. The van der Waals surface area contributed by atoms with Crippen LogP contribution in [0.5, 0.6) is 0 Å². The summed E-state index contributed by atoms with van der Waals surface area (Å²) in [5.74, 6) is 0. The van der Waals surface area contributed by atoms with Gasteiger partial charge in [0.25, 0.3) is 0 Å². The Bertz CT molecular complexity index is 344. The third-order valence-corrected chi connectivity index (χ3v) is 6.26. The molecule has 1 aromatic rings. The van der Waals surface area contributed by atoms with Crippen molar-refractivity contribution < 1.29 is 4.65 Å². The molecule has 1 heterocycles. The lowest BCUT2D eigenvalue weighted by molar-refractivity contribution is -0.898. The van der Waals surface area contributed by atoms with Gasteiger partial charge in [0.05, 0.1) is 19.1 Å². The molecule has 1 fully saturated rings. The van der Waals surface area contributed by atoms with Crippen LogP contribution in [0.2, 0.25) is 0 Å². The van der Waals surface area contributed by atoms with Gasteiger partial charge < -0.3 is 9.85 Å². The molecule has 0 aromatic heterocycles. The van der Waals surface area contributed by atoms with Crippen LogP contribution in [-0.4, -0.2) is 36.1 Å². The Labute approximate surface area is 106 Å². The number of hydrogen-bond acceptors (Lipinski definition) is 1. The lowest BCUT2D eigenvalue weighted by Crippen LogP contribution is -2.53. The molecule has 0 aliphatic carbocycles. The van der Waals surface area contributed by atoms with Gasteiger partial charge in [0.2, 0.25) is 0 Å². The van der Waals surface area contributed by atoms with E-state index >= 15 is 0 Å². The van der Waals surface area contributed by atoms with Crippen LogP contribution < -0.4 is 0 Å². The van der Waals surface area contributed by atoms with Crippen molar-refractivity contribution >= 4 is 7.92 Å². The van der Waals surface area contributed by atoms with Crippen LogP contribution >= 0.6 is 7.92 Å². The predicted molar refractivity (Wildman–Crippen MR) is 75.3 cm³/mol. The maximum absolute atomic E-state index is 12.4. The fraction of sp³-hybridized carbons (Fsp3) is 0.571. The minimum atomic E-state index is 0.0353. The summed E-state index contributed by atoms with van der Waals surface area (Å²) in [7, 11) is 0.0531. The minimum absolute atomic E-state index is 0.0353. The van der Waals surface area contributed by atoms with Crippen LogP contribution in [0.1, 0.15) is 19.4 Å². The Balaban J connectivity index is 1.88. The summed E-state index contributed by atoms with van der Waals surface area (Å²) in [4.78, 5) is 0. The molecule has 1 aromatic carbocycles. The van der Waals surface area contributed by atoms with Gasteiger partial charge in [0.15, 0.2) is 0 Å². The normalized spacial score (nSPS) is 29.5. The molecule has 0 saturated carbocycles. The molecule has 0 spiro atoms. The summed E-state index contributed by atoms with van der Waals surface area (Å²) in [5.41, 5.74) is 1.44. The Morgan fingerprint density at radius 3 is 2.29 bits per heavy atom. The van der Waals surface area contributed by atoms with E-state index in [0.717, 1.165) is 25.4 Å². The Morgan fingerprint density at radius 1 is 1.18 bits per heavy atom. The molecule has 0 radical (unpaired) electrons. The van der Waals surface area contributed by atoms with Gasteiger partial charge >= 0.3 is 0 Å². The monoisotopic (exact) mass is 251 g/mol. The maximum atomic E-state index is 12.4. The van der Waals surface area contributed by atoms with Crippen molar-refractivity contribution in [1.82, 2.24) is 0 Å². The van der Waals surface area contributed by atoms with Crippen LogP contribution in [0, 0.1) is 5.21 Å². The standard InChI is InChI=1S/C14H22NOP/c1-13(2)15(16)8-10-17(11-9-15)12-14-6-4-3-5-7-14/h3-7,13H,8-12H2,1-2H3. The average molecular weight is 251 g/mol. The van der Waals surface area contributed by atoms with Crippen LogP contribution in [0.15, 0.2) is 30.3 Å². The van der Waals surface area contributed by atoms with Gasteiger partial charge in [-0.25, -0.2) is 0 Å². The van der Waals surface area contributed by atoms with Gasteiger partial charge in [-0.15, -0.1) is 0 Å². The van der Waals surface area contributed by atoms with E-state index in [-0.39, 0.29) is 18.6 Å². The first-order valence-corrected chi connectivity index (χ1v) is 8.34.